The Balaban J connectivity index is 1.74. The Kier molecular flexibility index (Phi) is 11.5. The number of carbonyl (C=O) groups is 4. The van der Waals surface area contributed by atoms with E-state index in [2.05, 4.69) is 34.4 Å². The van der Waals surface area contributed by atoms with Crippen LogP contribution in [0.2, 0.25) is 0 Å². The molecule has 3 aliphatic rings. The minimum atomic E-state index is -1.32. The van der Waals surface area contributed by atoms with E-state index in [0.717, 1.165) is 16.8 Å². The van der Waals surface area contributed by atoms with Gasteiger partial charge in [0.1, 0.15) is 17.7 Å². The molecule has 0 aliphatic carbocycles. The van der Waals surface area contributed by atoms with Crippen LogP contribution in [0, 0.1) is 31.6 Å². The normalized spacial score (nSPS) is 28.3. The molecule has 3 saturated heterocycles. The quantitative estimate of drug-likeness (QED) is 0.161. The number of allylic oxidation sites excluding steroid dienone is 1. The Morgan fingerprint density at radius 2 is 1.91 bits per heavy atom. The Labute approximate surface area is 280 Å². The lowest BCUT2D eigenvalue weighted by Crippen LogP contribution is -2.60. The van der Waals surface area contributed by atoms with Crippen LogP contribution in [-0.4, -0.2) is 88.1 Å². The zero-order valence-corrected chi connectivity index (χ0v) is 29.1. The van der Waals surface area contributed by atoms with Crippen molar-refractivity contribution >= 4 is 45.3 Å². The maximum Gasteiger partial charge on any atom is 0.312 e. The summed E-state index contributed by atoms with van der Waals surface area (Å²) >= 11 is 3.71. The van der Waals surface area contributed by atoms with E-state index >= 15 is 0 Å². The fourth-order valence-electron chi connectivity index (χ4n) is 7.48. The number of benzene rings is 1. The van der Waals surface area contributed by atoms with Gasteiger partial charge in [-0.3, -0.25) is 19.2 Å². The highest BCUT2D eigenvalue weighted by Gasteiger charge is 2.77. The van der Waals surface area contributed by atoms with Crippen molar-refractivity contribution in [3.63, 3.8) is 0 Å². The van der Waals surface area contributed by atoms with E-state index in [1.54, 1.807) is 24.0 Å². The molecule has 1 aromatic carbocycles. The summed E-state index contributed by atoms with van der Waals surface area (Å²) in [4.78, 5) is 58.4. The number of hydrogen-bond donors (Lipinski definition) is 2. The van der Waals surface area contributed by atoms with Crippen molar-refractivity contribution in [2.45, 2.75) is 95.0 Å². The van der Waals surface area contributed by atoms with Gasteiger partial charge in [0.15, 0.2) is 0 Å². The number of ether oxygens (including phenoxy) is 2. The van der Waals surface area contributed by atoms with Gasteiger partial charge in [-0.25, -0.2) is 0 Å². The van der Waals surface area contributed by atoms with Gasteiger partial charge in [0.2, 0.25) is 11.8 Å². The summed E-state index contributed by atoms with van der Waals surface area (Å²) in [5, 5.41) is 13.4. The van der Waals surface area contributed by atoms with Crippen molar-refractivity contribution in [1.82, 2.24) is 10.2 Å². The lowest BCUT2D eigenvalue weighted by Gasteiger charge is -2.41. The zero-order valence-electron chi connectivity index (χ0n) is 27.5. The molecule has 3 amide bonds. The van der Waals surface area contributed by atoms with Gasteiger partial charge in [-0.15, -0.1) is 13.2 Å². The molecule has 1 spiro atoms. The number of hydrogen-bond acceptors (Lipinski definition) is 7. The van der Waals surface area contributed by atoms with Crippen molar-refractivity contribution in [1.29, 1.82) is 0 Å². The van der Waals surface area contributed by atoms with Crippen molar-refractivity contribution in [2.75, 3.05) is 24.6 Å². The van der Waals surface area contributed by atoms with Crippen LogP contribution >= 0.6 is 15.9 Å². The van der Waals surface area contributed by atoms with E-state index in [-0.39, 0.29) is 48.7 Å². The zero-order chi connectivity index (χ0) is 33.9. The molecule has 1 unspecified atom stereocenters. The molecule has 11 heteroatoms. The molecular weight excluding hydrogens is 654 g/mol. The highest BCUT2D eigenvalue weighted by Crippen LogP contribution is 2.61. The van der Waals surface area contributed by atoms with Crippen molar-refractivity contribution < 1.29 is 33.8 Å². The highest BCUT2D eigenvalue weighted by molar-refractivity contribution is 9.09. The average Bonchev–Trinajstić information content (AvgIpc) is 3.61. The van der Waals surface area contributed by atoms with Gasteiger partial charge in [-0.1, -0.05) is 66.5 Å². The maximum absolute atomic E-state index is 15.0. The third-order valence-corrected chi connectivity index (χ3v) is 10.7. The summed E-state index contributed by atoms with van der Waals surface area (Å²) in [6.45, 7) is 16.9. The Morgan fingerprint density at radius 3 is 2.50 bits per heavy atom. The monoisotopic (exact) mass is 701 g/mol. The number of anilines is 1. The molecule has 46 heavy (non-hydrogen) atoms. The summed E-state index contributed by atoms with van der Waals surface area (Å²) < 4.78 is 12.5. The van der Waals surface area contributed by atoms with E-state index in [4.69, 9.17) is 9.47 Å². The topological polar surface area (TPSA) is 125 Å². The number of para-hydroxylation sites is 1. The number of aliphatic hydroxyl groups is 1. The third kappa shape index (κ3) is 6.42. The summed E-state index contributed by atoms with van der Waals surface area (Å²) in [5.41, 5.74) is 1.19. The predicted octanol–water partition coefficient (Wildman–Crippen LogP) is 3.99. The lowest BCUT2D eigenvalue weighted by molar-refractivity contribution is -0.160. The number of nitrogens with zero attached hydrogens (tertiary/aromatic N) is 2. The second-order valence-electron chi connectivity index (χ2n) is 12.9. The Morgan fingerprint density at radius 1 is 1.24 bits per heavy atom. The number of aryl methyl sites for hydroxylation is 2. The van der Waals surface area contributed by atoms with Gasteiger partial charge in [-0.2, -0.15) is 0 Å². The molecule has 0 saturated carbocycles. The van der Waals surface area contributed by atoms with Crippen molar-refractivity contribution in [3.05, 3.63) is 54.6 Å². The molecular formula is C35H48BrN3O7. The minimum Gasteiger partial charge on any atom is -0.460 e. The largest absolute Gasteiger partial charge is 0.460 e. The number of likely N-dealkylation sites (tertiary alicyclic amines) is 1. The molecule has 10 nitrogen and oxygen atoms in total. The molecule has 0 aromatic heterocycles. The second-order valence-corrected chi connectivity index (χ2v) is 14.1. The summed E-state index contributed by atoms with van der Waals surface area (Å²) in [7, 11) is 0. The molecule has 9 atom stereocenters. The molecule has 252 valence electrons. The minimum absolute atomic E-state index is 0.113. The van der Waals surface area contributed by atoms with Crippen molar-refractivity contribution in [3.8, 4) is 0 Å². The first-order chi connectivity index (χ1) is 21.9. The smallest absolute Gasteiger partial charge is 0.312 e. The van der Waals surface area contributed by atoms with Crippen LogP contribution in [-0.2, 0) is 28.7 Å². The molecule has 1 aromatic rings. The van der Waals surface area contributed by atoms with E-state index in [9.17, 15) is 24.3 Å². The molecule has 4 rings (SSSR count). The molecule has 3 heterocycles. The van der Waals surface area contributed by atoms with E-state index < -0.39 is 53.6 Å². The Bertz CT molecular complexity index is 1330. The van der Waals surface area contributed by atoms with Crippen LogP contribution in [0.5, 0.6) is 0 Å². The summed E-state index contributed by atoms with van der Waals surface area (Å²) in [6, 6.07) is 4.02. The fourth-order valence-corrected chi connectivity index (χ4v) is 8.43. The Hall–Kier alpha value is -3.02. The first kappa shape index (κ1) is 35.8. The number of aliphatic hydroxyl groups excluding tert-OH is 1. The standard InChI is InChI=1S/C35H48BrN3O7/c1-8-11-15-26(41)37-18-23(7)45-34(44)27-28-32(42)39(25(19-40)20(4)10-3)31(35(28)17-24(36)30(27)46-35)33(43)38(16-9-2)29-21(5)13-12-14-22(29)6/h8-9,12-14,20,23-25,27-28,30-31,40H,1-2,10-11,15-19H2,3-7H3,(H,37,41)/t20-,23+,24?,25-,27-,28+,30-,31-,35+/m0/s1. The number of carbonyl (C=O) groups excluding carboxylic acids is 4. The van der Waals surface area contributed by atoms with Gasteiger partial charge in [-0.05, 0) is 50.7 Å². The SMILES string of the molecule is C=CCCC(=O)NC[C@@H](C)OC(=O)[C@@H]1[C@H]2O[C@@]3(CC2Br)[C@H](C(=O)N(CC=C)c2c(C)cccc2C)N([C@@H](CO)[C@@H](C)CC)C(=O)[C@@H]13. The fraction of sp³-hybridized carbons (Fsp3) is 0.600. The maximum atomic E-state index is 15.0. The number of fused-ring (bicyclic) bond motifs is 1. The third-order valence-electron chi connectivity index (χ3n) is 9.84. The summed E-state index contributed by atoms with van der Waals surface area (Å²) in [6.07, 6.45) is 3.76. The first-order valence-corrected chi connectivity index (χ1v) is 17.1. The molecule has 0 radical (unpaired) electrons. The number of halogens is 1. The highest BCUT2D eigenvalue weighted by atomic mass is 79.9. The van der Waals surface area contributed by atoms with Crippen LogP contribution in [0.15, 0.2) is 43.5 Å². The lowest BCUT2D eigenvalue weighted by atomic mass is 9.70. The molecule has 3 aliphatic heterocycles. The van der Waals surface area contributed by atoms with Crippen LogP contribution in [0.3, 0.4) is 0 Å². The molecule has 2 bridgehead atoms. The van der Waals surface area contributed by atoms with Crippen molar-refractivity contribution in [2.24, 2.45) is 17.8 Å². The number of rotatable bonds is 15. The molecule has 3 fully saturated rings. The van der Waals surface area contributed by atoms with Gasteiger partial charge < -0.3 is 29.7 Å². The first-order valence-electron chi connectivity index (χ1n) is 16.2. The van der Waals surface area contributed by atoms with Gasteiger partial charge in [0.25, 0.3) is 5.91 Å². The second kappa shape index (κ2) is 14.8. The number of nitrogens with one attached hydrogen (secondary N) is 1. The van der Waals surface area contributed by atoms with E-state index in [0.29, 0.717) is 19.3 Å². The average molecular weight is 703 g/mol. The van der Waals surface area contributed by atoms with Gasteiger partial charge in [0, 0.05) is 23.5 Å². The number of amides is 3. The van der Waals surface area contributed by atoms with E-state index in [1.807, 2.05) is 45.9 Å². The summed E-state index contributed by atoms with van der Waals surface area (Å²) in [5.74, 6) is -3.64. The van der Waals surface area contributed by atoms with Crippen LogP contribution < -0.4 is 10.2 Å². The number of alkyl halides is 1. The van der Waals surface area contributed by atoms with Crippen LogP contribution in [0.4, 0.5) is 5.69 Å². The van der Waals surface area contributed by atoms with Gasteiger partial charge >= 0.3 is 5.97 Å². The van der Waals surface area contributed by atoms with E-state index in [1.165, 1.54) is 4.90 Å². The predicted molar refractivity (Wildman–Crippen MR) is 179 cm³/mol. The molecule has 2 N–H and O–H groups in total. The van der Waals surface area contributed by atoms with Crippen LogP contribution in [0.1, 0.15) is 57.6 Å². The van der Waals surface area contributed by atoms with Crippen LogP contribution in [0.25, 0.3) is 0 Å². The van der Waals surface area contributed by atoms with Gasteiger partial charge in [0.05, 0.1) is 37.1 Å². The number of esters is 1.